The molecule has 1 aromatic heterocycles. The van der Waals surface area contributed by atoms with Crippen molar-refractivity contribution in [1.29, 1.82) is 0 Å². The lowest BCUT2D eigenvalue weighted by Crippen LogP contribution is -2.44. The number of anilines is 1. The van der Waals surface area contributed by atoms with Gasteiger partial charge in [-0.2, -0.15) is 0 Å². The van der Waals surface area contributed by atoms with Crippen molar-refractivity contribution in [2.24, 2.45) is 5.92 Å². The fourth-order valence-electron chi connectivity index (χ4n) is 2.23. The van der Waals surface area contributed by atoms with Crippen molar-refractivity contribution >= 4 is 40.0 Å². The zero-order valence-corrected chi connectivity index (χ0v) is 13.4. The number of nitrogens with one attached hydrogen (secondary N) is 1. The molecule has 0 unspecified atom stereocenters. The van der Waals surface area contributed by atoms with Gasteiger partial charge in [-0.1, -0.05) is 6.08 Å². The number of carbonyl (C=O) groups is 2. The van der Waals surface area contributed by atoms with E-state index in [0.29, 0.717) is 17.4 Å². The molecule has 2 rings (SSSR count). The molecule has 2 amide bonds. The molecular formula is C14H19N3O2S2. The highest BCUT2D eigenvalue weighted by Gasteiger charge is 2.28. The summed E-state index contributed by atoms with van der Waals surface area (Å²) >= 11 is 2.95. The standard InChI is InChI=1S/C14H19N3O2S2/c1-2-7-20-10-12(18)17-6-3-4-11(9-17)13(19)16-14-15-5-8-21-14/h2,5,8,11H,1,3-4,6-7,9-10H2,(H,15,16,19)/t11-/m0/s1. The summed E-state index contributed by atoms with van der Waals surface area (Å²) in [6, 6.07) is 0. The van der Waals surface area contributed by atoms with E-state index in [1.807, 2.05) is 5.38 Å². The maximum atomic E-state index is 12.2. The molecule has 1 saturated heterocycles. The van der Waals surface area contributed by atoms with Crippen LogP contribution in [0.25, 0.3) is 0 Å². The van der Waals surface area contributed by atoms with Gasteiger partial charge in [-0.15, -0.1) is 29.7 Å². The van der Waals surface area contributed by atoms with Crippen LogP contribution in [0.1, 0.15) is 12.8 Å². The molecule has 0 aliphatic carbocycles. The quantitative estimate of drug-likeness (QED) is 0.643. The molecule has 1 aliphatic rings. The molecule has 0 saturated carbocycles. The number of thioether (sulfide) groups is 1. The van der Waals surface area contributed by atoms with Crippen LogP contribution >= 0.6 is 23.1 Å². The van der Waals surface area contributed by atoms with Crippen LogP contribution in [0.3, 0.4) is 0 Å². The van der Waals surface area contributed by atoms with E-state index in [2.05, 4.69) is 16.9 Å². The van der Waals surface area contributed by atoms with E-state index in [1.54, 1.807) is 28.9 Å². The average molecular weight is 325 g/mol. The highest BCUT2D eigenvalue weighted by molar-refractivity contribution is 8.00. The molecule has 21 heavy (non-hydrogen) atoms. The van der Waals surface area contributed by atoms with Crippen LogP contribution in [-0.4, -0.2) is 46.3 Å². The van der Waals surface area contributed by atoms with Crippen molar-refractivity contribution < 1.29 is 9.59 Å². The lowest BCUT2D eigenvalue weighted by atomic mass is 9.97. The smallest absolute Gasteiger partial charge is 0.232 e. The lowest BCUT2D eigenvalue weighted by molar-refractivity contribution is -0.132. The molecule has 5 nitrogen and oxygen atoms in total. The van der Waals surface area contributed by atoms with Crippen molar-refractivity contribution in [3.8, 4) is 0 Å². The van der Waals surface area contributed by atoms with Gasteiger partial charge in [-0.3, -0.25) is 9.59 Å². The van der Waals surface area contributed by atoms with Gasteiger partial charge in [0, 0.05) is 30.4 Å². The van der Waals surface area contributed by atoms with E-state index < -0.39 is 0 Å². The molecule has 1 aromatic rings. The second kappa shape index (κ2) is 8.19. The number of aromatic nitrogens is 1. The third kappa shape index (κ3) is 4.86. The summed E-state index contributed by atoms with van der Waals surface area (Å²) < 4.78 is 0. The first-order chi connectivity index (χ1) is 10.2. The van der Waals surface area contributed by atoms with Crippen LogP contribution in [0.2, 0.25) is 0 Å². The van der Waals surface area contributed by atoms with Crippen LogP contribution in [0.5, 0.6) is 0 Å². The fourth-order valence-corrected chi connectivity index (χ4v) is 3.40. The van der Waals surface area contributed by atoms with Gasteiger partial charge in [0.2, 0.25) is 11.8 Å². The van der Waals surface area contributed by atoms with Gasteiger partial charge in [0.05, 0.1) is 11.7 Å². The maximum absolute atomic E-state index is 12.2. The third-order valence-electron chi connectivity index (χ3n) is 3.27. The molecule has 114 valence electrons. The van der Waals surface area contributed by atoms with Crippen LogP contribution < -0.4 is 5.32 Å². The van der Waals surface area contributed by atoms with E-state index in [4.69, 9.17) is 0 Å². The number of rotatable bonds is 6. The summed E-state index contributed by atoms with van der Waals surface area (Å²) in [6.07, 6.45) is 5.14. The summed E-state index contributed by atoms with van der Waals surface area (Å²) in [5.41, 5.74) is 0. The number of carbonyl (C=O) groups excluding carboxylic acids is 2. The predicted molar refractivity (Wildman–Crippen MR) is 87.6 cm³/mol. The summed E-state index contributed by atoms with van der Waals surface area (Å²) in [5.74, 6) is 1.14. The Morgan fingerprint density at radius 1 is 1.62 bits per heavy atom. The molecule has 7 heteroatoms. The van der Waals surface area contributed by atoms with Crippen LogP contribution in [0, 0.1) is 5.92 Å². The van der Waals surface area contributed by atoms with Crippen LogP contribution in [-0.2, 0) is 9.59 Å². The molecule has 0 radical (unpaired) electrons. The van der Waals surface area contributed by atoms with E-state index in [-0.39, 0.29) is 17.7 Å². The Morgan fingerprint density at radius 3 is 3.19 bits per heavy atom. The first kappa shape index (κ1) is 16.0. The van der Waals surface area contributed by atoms with Gasteiger partial charge < -0.3 is 10.2 Å². The molecule has 0 aromatic carbocycles. The number of thiazole rings is 1. The van der Waals surface area contributed by atoms with Crippen LogP contribution in [0.15, 0.2) is 24.2 Å². The topological polar surface area (TPSA) is 62.3 Å². The predicted octanol–water partition coefficient (Wildman–Crippen LogP) is 2.24. The minimum Gasteiger partial charge on any atom is -0.341 e. The maximum Gasteiger partial charge on any atom is 0.232 e. The number of hydrogen-bond acceptors (Lipinski definition) is 5. The molecule has 1 N–H and O–H groups in total. The first-order valence-electron chi connectivity index (χ1n) is 6.87. The largest absolute Gasteiger partial charge is 0.341 e. The highest BCUT2D eigenvalue weighted by atomic mass is 32.2. The molecule has 2 heterocycles. The number of hydrogen-bond donors (Lipinski definition) is 1. The van der Waals surface area contributed by atoms with E-state index >= 15 is 0 Å². The van der Waals surface area contributed by atoms with Crippen molar-refractivity contribution in [2.75, 3.05) is 29.9 Å². The van der Waals surface area contributed by atoms with Gasteiger partial charge in [0.1, 0.15) is 0 Å². The summed E-state index contributed by atoms with van der Waals surface area (Å²) in [7, 11) is 0. The Bertz CT molecular complexity index is 490. The second-order valence-corrected chi connectivity index (χ2v) is 6.73. The second-order valence-electron chi connectivity index (χ2n) is 4.81. The number of likely N-dealkylation sites (tertiary alicyclic amines) is 1. The Balaban J connectivity index is 1.83. The van der Waals surface area contributed by atoms with E-state index in [0.717, 1.165) is 25.1 Å². The Labute approximate surface area is 132 Å². The van der Waals surface area contributed by atoms with Gasteiger partial charge in [-0.25, -0.2) is 4.98 Å². The van der Waals surface area contributed by atoms with Crippen molar-refractivity contribution in [1.82, 2.24) is 9.88 Å². The number of amides is 2. The van der Waals surface area contributed by atoms with Gasteiger partial charge in [0.25, 0.3) is 0 Å². The highest BCUT2D eigenvalue weighted by Crippen LogP contribution is 2.20. The summed E-state index contributed by atoms with van der Waals surface area (Å²) in [5, 5.41) is 5.25. The third-order valence-corrected chi connectivity index (χ3v) is 4.88. The van der Waals surface area contributed by atoms with Gasteiger partial charge >= 0.3 is 0 Å². The molecule has 0 bridgehead atoms. The fraction of sp³-hybridized carbons (Fsp3) is 0.500. The minimum absolute atomic E-state index is 0.0406. The van der Waals surface area contributed by atoms with E-state index in [9.17, 15) is 9.59 Å². The minimum atomic E-state index is -0.143. The lowest BCUT2D eigenvalue weighted by Gasteiger charge is -2.31. The Morgan fingerprint density at radius 2 is 2.48 bits per heavy atom. The Hall–Kier alpha value is -1.34. The van der Waals surface area contributed by atoms with Crippen molar-refractivity contribution in [2.45, 2.75) is 12.8 Å². The average Bonchev–Trinajstić information content (AvgIpc) is 3.00. The Kier molecular flexibility index (Phi) is 6.25. The zero-order chi connectivity index (χ0) is 15.1. The van der Waals surface area contributed by atoms with Crippen molar-refractivity contribution in [3.05, 3.63) is 24.2 Å². The number of nitrogens with zero attached hydrogens (tertiary/aromatic N) is 2. The van der Waals surface area contributed by atoms with Gasteiger partial charge in [-0.05, 0) is 12.8 Å². The summed E-state index contributed by atoms with van der Waals surface area (Å²) in [4.78, 5) is 30.1. The zero-order valence-electron chi connectivity index (χ0n) is 11.8. The molecule has 1 fully saturated rings. The monoisotopic (exact) mass is 325 g/mol. The van der Waals surface area contributed by atoms with E-state index in [1.165, 1.54) is 11.3 Å². The first-order valence-corrected chi connectivity index (χ1v) is 8.91. The number of piperidine rings is 1. The molecular weight excluding hydrogens is 306 g/mol. The normalized spacial score (nSPS) is 18.3. The SMILES string of the molecule is C=CCSCC(=O)N1CCC[C@H](C(=O)Nc2nccs2)C1. The van der Waals surface area contributed by atoms with Gasteiger partial charge in [0.15, 0.2) is 5.13 Å². The van der Waals surface area contributed by atoms with Crippen LogP contribution in [0.4, 0.5) is 5.13 Å². The molecule has 1 atom stereocenters. The summed E-state index contributed by atoms with van der Waals surface area (Å²) in [6.45, 7) is 4.89. The molecule has 0 spiro atoms. The molecule has 1 aliphatic heterocycles. The van der Waals surface area contributed by atoms with Crippen molar-refractivity contribution in [3.63, 3.8) is 0 Å².